The van der Waals surface area contributed by atoms with Crippen LogP contribution in [0.15, 0.2) is 30.6 Å². The molecular weight excluding hydrogens is 302 g/mol. The highest BCUT2D eigenvalue weighted by molar-refractivity contribution is 5.70. The number of carbonyl (C=O) groups is 1. The second-order valence-electron chi connectivity index (χ2n) is 6.98. The van der Waals surface area contributed by atoms with Gasteiger partial charge in [0.15, 0.2) is 0 Å². The maximum Gasteiger partial charge on any atom is 0.410 e. The van der Waals surface area contributed by atoms with Gasteiger partial charge in [0.25, 0.3) is 0 Å². The number of H-pyrrole nitrogens is 1. The van der Waals surface area contributed by atoms with E-state index in [1.54, 1.807) is 4.90 Å². The van der Waals surface area contributed by atoms with Crippen LogP contribution in [0.3, 0.4) is 0 Å². The summed E-state index contributed by atoms with van der Waals surface area (Å²) in [6.45, 7) is 11.0. The number of amides is 1. The van der Waals surface area contributed by atoms with Gasteiger partial charge < -0.3 is 9.64 Å². The predicted octanol–water partition coefficient (Wildman–Crippen LogP) is 4.53. The van der Waals surface area contributed by atoms with Gasteiger partial charge in [0.05, 0.1) is 6.20 Å². The van der Waals surface area contributed by atoms with E-state index in [1.165, 1.54) is 0 Å². The molecule has 0 unspecified atom stereocenters. The predicted molar refractivity (Wildman–Crippen MR) is 95.7 cm³/mol. The molecule has 2 aromatic rings. The minimum Gasteiger partial charge on any atom is -0.444 e. The summed E-state index contributed by atoms with van der Waals surface area (Å²) in [4.78, 5) is 14.2. The van der Waals surface area contributed by atoms with Crippen molar-refractivity contribution in [3.63, 3.8) is 0 Å². The highest BCUT2D eigenvalue weighted by atomic mass is 16.6. The quantitative estimate of drug-likeness (QED) is 0.876. The molecule has 1 heterocycles. The number of rotatable bonds is 5. The van der Waals surface area contributed by atoms with Crippen LogP contribution in [0.1, 0.15) is 45.2 Å². The fourth-order valence-corrected chi connectivity index (χ4v) is 2.60. The Kier molecular flexibility index (Phi) is 5.65. The summed E-state index contributed by atoms with van der Waals surface area (Å²) in [6.07, 6.45) is 4.31. The van der Waals surface area contributed by atoms with E-state index in [1.807, 2.05) is 39.2 Å². The first-order chi connectivity index (χ1) is 11.3. The van der Waals surface area contributed by atoms with Gasteiger partial charge in [-0.2, -0.15) is 5.10 Å². The molecule has 2 rings (SSSR count). The van der Waals surface area contributed by atoms with Gasteiger partial charge in [0.2, 0.25) is 0 Å². The lowest BCUT2D eigenvalue weighted by Gasteiger charge is -2.28. The van der Waals surface area contributed by atoms with Crippen molar-refractivity contribution < 1.29 is 9.53 Å². The van der Waals surface area contributed by atoms with Gasteiger partial charge in [-0.15, -0.1) is 0 Å². The van der Waals surface area contributed by atoms with Gasteiger partial charge in [0.1, 0.15) is 5.60 Å². The molecule has 24 heavy (non-hydrogen) atoms. The number of ether oxygens (including phenoxy) is 1. The molecule has 0 saturated carbocycles. The van der Waals surface area contributed by atoms with E-state index in [2.05, 4.69) is 36.2 Å². The Morgan fingerprint density at radius 1 is 1.33 bits per heavy atom. The first-order valence-corrected chi connectivity index (χ1v) is 8.37. The average molecular weight is 329 g/mol. The van der Waals surface area contributed by atoms with Crippen molar-refractivity contribution in [1.82, 2.24) is 15.1 Å². The number of nitrogens with one attached hydrogen (secondary N) is 1. The Morgan fingerprint density at radius 3 is 2.67 bits per heavy atom. The van der Waals surface area contributed by atoms with Gasteiger partial charge in [0, 0.05) is 24.8 Å². The van der Waals surface area contributed by atoms with Crippen LogP contribution in [0, 0.1) is 6.92 Å². The first-order valence-electron chi connectivity index (χ1n) is 8.37. The van der Waals surface area contributed by atoms with Crippen LogP contribution in [0.5, 0.6) is 0 Å². The summed E-state index contributed by atoms with van der Waals surface area (Å²) < 4.78 is 5.54. The largest absolute Gasteiger partial charge is 0.444 e. The number of nitrogens with zero attached hydrogens (tertiary/aromatic N) is 2. The van der Waals surface area contributed by atoms with Gasteiger partial charge in [-0.05, 0) is 50.8 Å². The molecule has 1 aromatic carbocycles. The number of aromatic nitrogens is 2. The van der Waals surface area contributed by atoms with E-state index < -0.39 is 5.60 Å². The van der Waals surface area contributed by atoms with Gasteiger partial charge in [-0.25, -0.2) is 4.79 Å². The first kappa shape index (κ1) is 18.0. The van der Waals surface area contributed by atoms with Crippen molar-refractivity contribution in [3.8, 4) is 11.1 Å². The fourth-order valence-electron chi connectivity index (χ4n) is 2.60. The summed E-state index contributed by atoms with van der Waals surface area (Å²) in [5, 5.41) is 6.86. The number of hydrogen-bond acceptors (Lipinski definition) is 3. The van der Waals surface area contributed by atoms with Crippen LogP contribution in [0.2, 0.25) is 0 Å². The van der Waals surface area contributed by atoms with E-state index in [9.17, 15) is 4.79 Å². The second-order valence-corrected chi connectivity index (χ2v) is 6.98. The van der Waals surface area contributed by atoms with Crippen molar-refractivity contribution in [2.24, 2.45) is 0 Å². The molecule has 0 spiro atoms. The minimum absolute atomic E-state index is 0.266. The Bertz CT molecular complexity index is 672. The zero-order chi connectivity index (χ0) is 17.7. The molecule has 0 aliphatic carbocycles. The topological polar surface area (TPSA) is 58.2 Å². The molecule has 0 radical (unpaired) electrons. The van der Waals surface area contributed by atoms with Crippen LogP contribution in [0.25, 0.3) is 11.1 Å². The summed E-state index contributed by atoms with van der Waals surface area (Å²) in [6, 6.07) is 6.15. The third-order valence-corrected chi connectivity index (χ3v) is 3.76. The number of carbonyl (C=O) groups excluding carboxylic acids is 1. The minimum atomic E-state index is -0.489. The second kappa shape index (κ2) is 7.51. The molecule has 130 valence electrons. The molecule has 5 heteroatoms. The van der Waals surface area contributed by atoms with Crippen molar-refractivity contribution in [2.75, 3.05) is 6.54 Å². The molecule has 0 bridgehead atoms. The van der Waals surface area contributed by atoms with Crippen molar-refractivity contribution in [2.45, 2.75) is 53.2 Å². The van der Waals surface area contributed by atoms with Crippen LogP contribution in [0.4, 0.5) is 4.79 Å². The zero-order valence-corrected chi connectivity index (χ0v) is 15.2. The maximum absolute atomic E-state index is 12.5. The Hall–Kier alpha value is -2.30. The summed E-state index contributed by atoms with van der Waals surface area (Å²) in [5.41, 5.74) is 3.96. The monoisotopic (exact) mass is 329 g/mol. The lowest BCUT2D eigenvalue weighted by atomic mass is 9.98. The molecule has 1 amide bonds. The van der Waals surface area contributed by atoms with E-state index in [0.29, 0.717) is 13.1 Å². The molecule has 5 nitrogen and oxygen atoms in total. The number of hydrogen-bond donors (Lipinski definition) is 1. The number of aromatic amines is 1. The van der Waals surface area contributed by atoms with Crippen LogP contribution in [-0.2, 0) is 11.3 Å². The highest BCUT2D eigenvalue weighted by Crippen LogP contribution is 2.26. The third kappa shape index (κ3) is 4.60. The highest BCUT2D eigenvalue weighted by Gasteiger charge is 2.22. The normalized spacial score (nSPS) is 11.4. The molecule has 0 aliphatic heterocycles. The Morgan fingerprint density at radius 2 is 2.08 bits per heavy atom. The summed E-state index contributed by atoms with van der Waals surface area (Å²) in [5.74, 6) is 0. The van der Waals surface area contributed by atoms with E-state index in [-0.39, 0.29) is 6.09 Å². The molecule has 0 atom stereocenters. The Labute approximate surface area is 144 Å². The van der Waals surface area contributed by atoms with Gasteiger partial charge in [-0.1, -0.05) is 25.1 Å². The molecule has 0 saturated heterocycles. The van der Waals surface area contributed by atoms with E-state index >= 15 is 0 Å². The average Bonchev–Trinajstić information content (AvgIpc) is 3.01. The van der Waals surface area contributed by atoms with Crippen molar-refractivity contribution >= 4 is 6.09 Å². The van der Waals surface area contributed by atoms with E-state index in [0.717, 1.165) is 28.7 Å². The van der Waals surface area contributed by atoms with Crippen LogP contribution in [-0.4, -0.2) is 33.3 Å². The molecule has 1 N–H and O–H groups in total. The van der Waals surface area contributed by atoms with Crippen LogP contribution < -0.4 is 0 Å². The SMILES string of the molecule is CCCN(Cc1cccc(-c2cn[nH]c2)c1C)C(=O)OC(C)(C)C. The Balaban J connectivity index is 2.24. The van der Waals surface area contributed by atoms with E-state index in [4.69, 9.17) is 4.74 Å². The van der Waals surface area contributed by atoms with Crippen molar-refractivity contribution in [1.29, 1.82) is 0 Å². The smallest absolute Gasteiger partial charge is 0.410 e. The van der Waals surface area contributed by atoms with Gasteiger partial charge in [-0.3, -0.25) is 5.10 Å². The molecule has 0 aliphatic rings. The lowest BCUT2D eigenvalue weighted by Crippen LogP contribution is -2.37. The zero-order valence-electron chi connectivity index (χ0n) is 15.2. The third-order valence-electron chi connectivity index (χ3n) is 3.76. The summed E-state index contributed by atoms with van der Waals surface area (Å²) >= 11 is 0. The fraction of sp³-hybridized carbons (Fsp3) is 0.474. The number of benzene rings is 1. The maximum atomic E-state index is 12.5. The standard InChI is InChI=1S/C19H27N3O2/c1-6-10-22(18(23)24-19(3,4)5)13-15-8-7-9-17(14(15)2)16-11-20-21-12-16/h7-9,11-12H,6,10,13H2,1-5H3,(H,20,21). The van der Waals surface area contributed by atoms with Crippen molar-refractivity contribution in [3.05, 3.63) is 41.7 Å². The van der Waals surface area contributed by atoms with Crippen LogP contribution >= 0.6 is 0 Å². The molecule has 1 aromatic heterocycles. The molecule has 0 fully saturated rings. The van der Waals surface area contributed by atoms with Gasteiger partial charge >= 0.3 is 6.09 Å². The molecular formula is C19H27N3O2. The lowest BCUT2D eigenvalue weighted by molar-refractivity contribution is 0.0233. The summed E-state index contributed by atoms with van der Waals surface area (Å²) in [7, 11) is 0.